The van der Waals surface area contributed by atoms with Crippen LogP contribution in [0.25, 0.3) is 11.2 Å². The summed E-state index contributed by atoms with van der Waals surface area (Å²) in [5.41, 5.74) is 13.2. The van der Waals surface area contributed by atoms with Gasteiger partial charge in [-0.3, -0.25) is 4.79 Å². The SMILES string of the molecule is CCC(=O)N(Cc1cnc2nc(N)nc(N)c2n1)c1ccc(O)cc1. The lowest BCUT2D eigenvalue weighted by atomic mass is 10.2. The Morgan fingerprint density at radius 1 is 1.16 bits per heavy atom. The molecule has 9 nitrogen and oxygen atoms in total. The highest BCUT2D eigenvalue weighted by Gasteiger charge is 2.17. The van der Waals surface area contributed by atoms with Gasteiger partial charge in [0.2, 0.25) is 11.9 Å². The molecule has 1 aromatic carbocycles. The second kappa shape index (κ2) is 6.56. The third-order valence-electron chi connectivity index (χ3n) is 3.59. The third kappa shape index (κ3) is 3.39. The summed E-state index contributed by atoms with van der Waals surface area (Å²) in [5, 5.41) is 9.43. The minimum Gasteiger partial charge on any atom is -0.508 e. The largest absolute Gasteiger partial charge is 0.508 e. The molecule has 9 heteroatoms. The molecule has 0 bridgehead atoms. The molecule has 0 aliphatic heterocycles. The summed E-state index contributed by atoms with van der Waals surface area (Å²) in [6.07, 6.45) is 1.84. The average molecular weight is 339 g/mol. The van der Waals surface area contributed by atoms with Crippen LogP contribution in [0.3, 0.4) is 0 Å². The Balaban J connectivity index is 1.98. The van der Waals surface area contributed by atoms with Gasteiger partial charge < -0.3 is 21.5 Å². The number of phenolic OH excluding ortho intramolecular Hbond substituents is 1. The van der Waals surface area contributed by atoms with E-state index in [0.29, 0.717) is 29.0 Å². The monoisotopic (exact) mass is 339 g/mol. The lowest BCUT2D eigenvalue weighted by molar-refractivity contribution is -0.118. The number of hydrogen-bond donors (Lipinski definition) is 3. The predicted molar refractivity (Wildman–Crippen MR) is 93.5 cm³/mol. The number of benzene rings is 1. The van der Waals surface area contributed by atoms with Crippen molar-refractivity contribution in [3.63, 3.8) is 0 Å². The van der Waals surface area contributed by atoms with Gasteiger partial charge >= 0.3 is 0 Å². The van der Waals surface area contributed by atoms with Crippen molar-refractivity contribution in [1.82, 2.24) is 19.9 Å². The molecule has 0 aliphatic rings. The topological polar surface area (TPSA) is 144 Å². The maximum absolute atomic E-state index is 12.3. The highest BCUT2D eigenvalue weighted by molar-refractivity contribution is 5.93. The van der Waals surface area contributed by atoms with E-state index in [1.54, 1.807) is 24.0 Å². The van der Waals surface area contributed by atoms with E-state index >= 15 is 0 Å². The molecule has 0 unspecified atom stereocenters. The number of aromatic hydroxyl groups is 1. The van der Waals surface area contributed by atoms with Gasteiger partial charge in [0, 0.05) is 12.1 Å². The van der Waals surface area contributed by atoms with Crippen molar-refractivity contribution < 1.29 is 9.90 Å². The zero-order valence-corrected chi connectivity index (χ0v) is 13.5. The van der Waals surface area contributed by atoms with E-state index in [0.717, 1.165) is 0 Å². The second-order valence-corrected chi connectivity index (χ2v) is 5.35. The number of carbonyl (C=O) groups is 1. The van der Waals surface area contributed by atoms with E-state index in [1.807, 2.05) is 0 Å². The number of aromatic nitrogens is 4. The van der Waals surface area contributed by atoms with Crippen LogP contribution in [-0.2, 0) is 11.3 Å². The molecule has 1 amide bonds. The van der Waals surface area contributed by atoms with Gasteiger partial charge in [-0.05, 0) is 24.3 Å². The zero-order valence-electron chi connectivity index (χ0n) is 13.5. The number of rotatable bonds is 4. The van der Waals surface area contributed by atoms with Gasteiger partial charge in [0.1, 0.15) is 5.75 Å². The Bertz CT molecular complexity index is 928. The van der Waals surface area contributed by atoms with Crippen LogP contribution in [0.4, 0.5) is 17.5 Å². The Kier molecular flexibility index (Phi) is 4.29. The molecule has 0 atom stereocenters. The number of amides is 1. The number of nitrogens with two attached hydrogens (primary N) is 2. The summed E-state index contributed by atoms with van der Waals surface area (Å²) >= 11 is 0. The summed E-state index contributed by atoms with van der Waals surface area (Å²) in [4.78, 5) is 30.3. The summed E-state index contributed by atoms with van der Waals surface area (Å²) in [5.74, 6) is 0.198. The number of fused-ring (bicyclic) bond motifs is 1. The van der Waals surface area contributed by atoms with Crippen LogP contribution in [0.2, 0.25) is 0 Å². The van der Waals surface area contributed by atoms with E-state index in [4.69, 9.17) is 11.5 Å². The molecule has 3 aromatic rings. The van der Waals surface area contributed by atoms with Gasteiger partial charge in [-0.25, -0.2) is 9.97 Å². The van der Waals surface area contributed by atoms with Crippen LogP contribution < -0.4 is 16.4 Å². The van der Waals surface area contributed by atoms with Crippen LogP contribution >= 0.6 is 0 Å². The molecule has 0 aliphatic carbocycles. The zero-order chi connectivity index (χ0) is 18.0. The van der Waals surface area contributed by atoms with Crippen molar-refractivity contribution in [3.05, 3.63) is 36.2 Å². The average Bonchev–Trinajstić information content (AvgIpc) is 2.60. The van der Waals surface area contributed by atoms with Crippen molar-refractivity contribution in [2.45, 2.75) is 19.9 Å². The van der Waals surface area contributed by atoms with Crippen LogP contribution in [0.5, 0.6) is 5.75 Å². The summed E-state index contributed by atoms with van der Waals surface area (Å²) in [7, 11) is 0. The standard InChI is InChI=1S/C16H17N7O2/c1-2-12(25)23(10-3-5-11(24)6-4-10)8-9-7-19-15-13(20-9)14(17)21-16(18)22-15/h3-7,24H,2,8H2,1H3,(H4,17,18,19,21,22). The first kappa shape index (κ1) is 16.4. The Morgan fingerprint density at radius 2 is 1.88 bits per heavy atom. The molecule has 0 fully saturated rings. The molecule has 25 heavy (non-hydrogen) atoms. The third-order valence-corrected chi connectivity index (χ3v) is 3.59. The van der Waals surface area contributed by atoms with E-state index in [9.17, 15) is 9.90 Å². The van der Waals surface area contributed by atoms with Crippen molar-refractivity contribution in [2.24, 2.45) is 0 Å². The van der Waals surface area contributed by atoms with Gasteiger partial charge in [-0.2, -0.15) is 9.97 Å². The van der Waals surface area contributed by atoms with Crippen LogP contribution in [0.15, 0.2) is 30.5 Å². The molecular weight excluding hydrogens is 322 g/mol. The molecule has 5 N–H and O–H groups in total. The van der Waals surface area contributed by atoms with Crippen molar-refractivity contribution >= 4 is 34.5 Å². The summed E-state index contributed by atoms with van der Waals surface area (Å²) in [6.45, 7) is 1.97. The molecule has 0 saturated heterocycles. The fraction of sp³-hybridized carbons (Fsp3) is 0.188. The van der Waals surface area contributed by atoms with Crippen LogP contribution in [0.1, 0.15) is 19.0 Å². The number of nitrogens with zero attached hydrogens (tertiary/aromatic N) is 5. The highest BCUT2D eigenvalue weighted by atomic mass is 16.3. The fourth-order valence-corrected chi connectivity index (χ4v) is 2.37. The molecule has 0 spiro atoms. The number of carbonyl (C=O) groups excluding carboxylic acids is 1. The first-order valence-corrected chi connectivity index (χ1v) is 7.62. The molecular formula is C16H17N7O2. The van der Waals surface area contributed by atoms with Crippen LogP contribution in [-0.4, -0.2) is 30.9 Å². The van der Waals surface area contributed by atoms with Crippen molar-refractivity contribution in [1.29, 1.82) is 0 Å². The quantitative estimate of drug-likeness (QED) is 0.643. The Morgan fingerprint density at radius 3 is 2.56 bits per heavy atom. The minimum absolute atomic E-state index is 0.0268. The van der Waals surface area contributed by atoms with E-state index in [-0.39, 0.29) is 30.0 Å². The minimum atomic E-state index is -0.0888. The number of anilines is 3. The number of nitrogen functional groups attached to an aromatic ring is 2. The summed E-state index contributed by atoms with van der Waals surface area (Å²) in [6, 6.07) is 6.36. The smallest absolute Gasteiger partial charge is 0.227 e. The molecule has 128 valence electrons. The fourth-order valence-electron chi connectivity index (χ4n) is 2.37. The van der Waals surface area contributed by atoms with E-state index in [2.05, 4.69) is 19.9 Å². The second-order valence-electron chi connectivity index (χ2n) is 5.35. The molecule has 0 radical (unpaired) electrons. The van der Waals surface area contributed by atoms with Gasteiger partial charge in [0.25, 0.3) is 0 Å². The summed E-state index contributed by atoms with van der Waals surface area (Å²) < 4.78 is 0. The maximum Gasteiger partial charge on any atom is 0.227 e. The van der Waals surface area contributed by atoms with E-state index in [1.165, 1.54) is 18.3 Å². The van der Waals surface area contributed by atoms with Crippen LogP contribution in [0, 0.1) is 0 Å². The van der Waals surface area contributed by atoms with Gasteiger partial charge in [-0.1, -0.05) is 6.92 Å². The molecule has 2 aromatic heterocycles. The lowest BCUT2D eigenvalue weighted by Crippen LogP contribution is -2.30. The number of phenols is 1. The number of hydrogen-bond acceptors (Lipinski definition) is 8. The Hall–Kier alpha value is -3.49. The maximum atomic E-state index is 12.3. The van der Waals surface area contributed by atoms with E-state index < -0.39 is 0 Å². The Labute approximate surface area is 143 Å². The van der Waals surface area contributed by atoms with Gasteiger partial charge in [0.15, 0.2) is 17.0 Å². The van der Waals surface area contributed by atoms with Crippen molar-refractivity contribution in [3.8, 4) is 5.75 Å². The van der Waals surface area contributed by atoms with Gasteiger partial charge in [-0.15, -0.1) is 0 Å². The molecule has 3 rings (SSSR count). The first-order chi connectivity index (χ1) is 12.0. The first-order valence-electron chi connectivity index (χ1n) is 7.62. The predicted octanol–water partition coefficient (Wildman–Crippen LogP) is 1.23. The molecule has 2 heterocycles. The molecule has 0 saturated carbocycles. The van der Waals surface area contributed by atoms with Gasteiger partial charge in [0.05, 0.1) is 18.4 Å². The normalized spacial score (nSPS) is 10.8. The highest BCUT2D eigenvalue weighted by Crippen LogP contribution is 2.22. The lowest BCUT2D eigenvalue weighted by Gasteiger charge is -2.22. The van der Waals surface area contributed by atoms with Crippen molar-refractivity contribution in [2.75, 3.05) is 16.4 Å².